The predicted octanol–water partition coefficient (Wildman–Crippen LogP) is 0.457. The number of aliphatic hydroxyl groups excluding tert-OH is 1. The van der Waals surface area contributed by atoms with Crippen molar-refractivity contribution < 1.29 is 5.11 Å². The molecule has 8 nitrogen and oxygen atoms in total. The zero-order chi connectivity index (χ0) is 13.9. The number of aromatic nitrogens is 6. The van der Waals surface area contributed by atoms with Gasteiger partial charge >= 0.3 is 0 Å². The number of anilines is 1. The number of hydrogen-bond donors (Lipinski definition) is 1. The van der Waals surface area contributed by atoms with Crippen molar-refractivity contribution in [2.75, 3.05) is 18.1 Å². The van der Waals surface area contributed by atoms with Gasteiger partial charge in [0.05, 0.1) is 6.61 Å². The third kappa shape index (κ3) is 2.56. The third-order valence-corrected chi connectivity index (χ3v) is 3.49. The molecular formula is C11H14ClN7O. The SMILES string of the molecule is OCCN(c1nc(Cl)nc(-n2cncn2)n1)C1CCC1. The van der Waals surface area contributed by atoms with E-state index in [-0.39, 0.29) is 11.9 Å². The summed E-state index contributed by atoms with van der Waals surface area (Å²) in [5.41, 5.74) is 0. The molecule has 0 aliphatic heterocycles. The zero-order valence-electron chi connectivity index (χ0n) is 10.7. The highest BCUT2D eigenvalue weighted by Crippen LogP contribution is 2.27. The van der Waals surface area contributed by atoms with Crippen LogP contribution in [0, 0.1) is 0 Å². The van der Waals surface area contributed by atoms with Crippen LogP contribution < -0.4 is 4.90 Å². The molecule has 2 aromatic heterocycles. The van der Waals surface area contributed by atoms with Crippen LogP contribution in [-0.4, -0.2) is 54.0 Å². The Labute approximate surface area is 120 Å². The Hall–Kier alpha value is -1.80. The van der Waals surface area contributed by atoms with Gasteiger partial charge in [-0.15, -0.1) is 0 Å². The Morgan fingerprint density at radius 1 is 1.35 bits per heavy atom. The fourth-order valence-electron chi connectivity index (χ4n) is 2.12. The lowest BCUT2D eigenvalue weighted by Gasteiger charge is -2.37. The van der Waals surface area contributed by atoms with Gasteiger partial charge in [-0.25, -0.2) is 4.98 Å². The van der Waals surface area contributed by atoms with Gasteiger partial charge in [0.1, 0.15) is 12.7 Å². The van der Waals surface area contributed by atoms with Gasteiger partial charge in [0.25, 0.3) is 5.95 Å². The summed E-state index contributed by atoms with van der Waals surface area (Å²) in [4.78, 5) is 18.4. The van der Waals surface area contributed by atoms with E-state index in [0.717, 1.165) is 12.8 Å². The van der Waals surface area contributed by atoms with Crippen molar-refractivity contribution in [1.29, 1.82) is 0 Å². The van der Waals surface area contributed by atoms with Gasteiger partial charge in [0.15, 0.2) is 0 Å². The topological polar surface area (TPSA) is 92.8 Å². The van der Waals surface area contributed by atoms with Crippen LogP contribution in [0.25, 0.3) is 5.95 Å². The van der Waals surface area contributed by atoms with E-state index in [9.17, 15) is 5.11 Å². The van der Waals surface area contributed by atoms with Crippen LogP contribution in [-0.2, 0) is 0 Å². The normalized spacial score (nSPS) is 15.1. The molecule has 1 aliphatic rings. The van der Waals surface area contributed by atoms with Crippen molar-refractivity contribution in [2.24, 2.45) is 0 Å². The number of aliphatic hydroxyl groups is 1. The minimum Gasteiger partial charge on any atom is -0.395 e. The van der Waals surface area contributed by atoms with E-state index in [1.54, 1.807) is 0 Å². The minimum atomic E-state index is 0.0401. The second kappa shape index (κ2) is 5.68. The largest absolute Gasteiger partial charge is 0.395 e. The summed E-state index contributed by atoms with van der Waals surface area (Å²) >= 11 is 5.96. The Morgan fingerprint density at radius 3 is 2.80 bits per heavy atom. The monoisotopic (exact) mass is 295 g/mol. The molecule has 0 aromatic carbocycles. The van der Waals surface area contributed by atoms with Crippen molar-refractivity contribution in [3.8, 4) is 5.95 Å². The zero-order valence-corrected chi connectivity index (χ0v) is 11.5. The van der Waals surface area contributed by atoms with E-state index >= 15 is 0 Å². The highest BCUT2D eigenvalue weighted by Gasteiger charge is 2.27. The summed E-state index contributed by atoms with van der Waals surface area (Å²) < 4.78 is 1.43. The first-order valence-electron chi connectivity index (χ1n) is 6.42. The Kier molecular flexibility index (Phi) is 3.75. The summed E-state index contributed by atoms with van der Waals surface area (Å²) in [7, 11) is 0. The molecule has 2 aromatic rings. The average Bonchev–Trinajstić information content (AvgIpc) is 2.89. The molecule has 0 atom stereocenters. The summed E-state index contributed by atoms with van der Waals surface area (Å²) in [6.07, 6.45) is 6.22. The van der Waals surface area contributed by atoms with E-state index in [4.69, 9.17) is 11.6 Å². The van der Waals surface area contributed by atoms with Gasteiger partial charge in [-0.3, -0.25) is 0 Å². The van der Waals surface area contributed by atoms with Crippen LogP contribution in [0.1, 0.15) is 19.3 Å². The third-order valence-electron chi connectivity index (χ3n) is 3.32. The van der Waals surface area contributed by atoms with Gasteiger partial charge in [-0.2, -0.15) is 24.7 Å². The van der Waals surface area contributed by atoms with Crippen LogP contribution in [0.5, 0.6) is 0 Å². The molecule has 3 rings (SSSR count). The lowest BCUT2D eigenvalue weighted by atomic mass is 9.92. The number of hydrogen-bond acceptors (Lipinski definition) is 7. The van der Waals surface area contributed by atoms with Crippen LogP contribution >= 0.6 is 11.6 Å². The van der Waals surface area contributed by atoms with Gasteiger partial charge in [0, 0.05) is 12.6 Å². The molecule has 1 saturated carbocycles. The maximum Gasteiger partial charge on any atom is 0.258 e. The van der Waals surface area contributed by atoms with E-state index in [1.165, 1.54) is 23.8 Å². The van der Waals surface area contributed by atoms with Crippen LogP contribution in [0.4, 0.5) is 5.95 Å². The molecule has 1 fully saturated rings. The predicted molar refractivity (Wildman–Crippen MR) is 71.8 cm³/mol. The molecule has 0 spiro atoms. The quantitative estimate of drug-likeness (QED) is 0.856. The second-order valence-corrected chi connectivity index (χ2v) is 4.88. The fraction of sp³-hybridized carbons (Fsp3) is 0.545. The highest BCUT2D eigenvalue weighted by atomic mass is 35.5. The summed E-state index contributed by atoms with van der Waals surface area (Å²) in [5.74, 6) is 0.786. The molecule has 9 heteroatoms. The van der Waals surface area contributed by atoms with Crippen molar-refractivity contribution >= 4 is 17.5 Å². The summed E-state index contributed by atoms with van der Waals surface area (Å²) in [6.45, 7) is 0.514. The maximum atomic E-state index is 9.22. The van der Waals surface area contributed by atoms with Gasteiger partial charge in [-0.1, -0.05) is 0 Å². The molecule has 0 bridgehead atoms. The van der Waals surface area contributed by atoms with E-state index in [2.05, 4.69) is 25.0 Å². The molecule has 0 saturated heterocycles. The number of rotatable bonds is 5. The minimum absolute atomic E-state index is 0.0401. The average molecular weight is 296 g/mol. The smallest absolute Gasteiger partial charge is 0.258 e. The molecule has 1 aliphatic carbocycles. The maximum absolute atomic E-state index is 9.22. The first-order chi connectivity index (χ1) is 9.78. The van der Waals surface area contributed by atoms with Gasteiger partial charge in [0.2, 0.25) is 11.2 Å². The van der Waals surface area contributed by atoms with Crippen molar-refractivity contribution in [3.05, 3.63) is 17.9 Å². The number of nitrogens with zero attached hydrogens (tertiary/aromatic N) is 7. The molecule has 0 unspecified atom stereocenters. The standard InChI is InChI=1S/C11H14ClN7O/c12-9-15-10(18(4-5-20)8-2-1-3-8)17-11(16-9)19-7-13-6-14-19/h6-8,20H,1-5H2. The van der Waals surface area contributed by atoms with E-state index < -0.39 is 0 Å². The summed E-state index contributed by atoms with van der Waals surface area (Å²) in [5, 5.41) is 13.3. The van der Waals surface area contributed by atoms with Crippen molar-refractivity contribution in [3.63, 3.8) is 0 Å². The molecule has 0 amide bonds. The first kappa shape index (κ1) is 13.2. The second-order valence-electron chi connectivity index (χ2n) is 4.55. The Morgan fingerprint density at radius 2 is 2.20 bits per heavy atom. The first-order valence-corrected chi connectivity index (χ1v) is 6.80. The van der Waals surface area contributed by atoms with Gasteiger partial charge < -0.3 is 10.0 Å². The Bertz CT molecular complexity index is 572. The van der Waals surface area contributed by atoms with Crippen LogP contribution in [0.15, 0.2) is 12.7 Å². The van der Waals surface area contributed by atoms with E-state index in [1.807, 2.05) is 4.90 Å². The number of halogens is 1. The molecule has 2 heterocycles. The van der Waals surface area contributed by atoms with Gasteiger partial charge in [-0.05, 0) is 30.9 Å². The van der Waals surface area contributed by atoms with Crippen LogP contribution in [0.3, 0.4) is 0 Å². The fourth-order valence-corrected chi connectivity index (χ4v) is 2.28. The molecular weight excluding hydrogens is 282 g/mol. The lowest BCUT2D eigenvalue weighted by molar-refractivity contribution is 0.282. The molecule has 106 valence electrons. The molecule has 1 N–H and O–H groups in total. The lowest BCUT2D eigenvalue weighted by Crippen LogP contribution is -2.43. The summed E-state index contributed by atoms with van der Waals surface area (Å²) in [6, 6.07) is 0.351. The van der Waals surface area contributed by atoms with Crippen LogP contribution in [0.2, 0.25) is 5.28 Å². The van der Waals surface area contributed by atoms with Crippen molar-refractivity contribution in [1.82, 2.24) is 29.7 Å². The van der Waals surface area contributed by atoms with E-state index in [0.29, 0.717) is 24.5 Å². The van der Waals surface area contributed by atoms with Crippen molar-refractivity contribution in [2.45, 2.75) is 25.3 Å². The Balaban J connectivity index is 1.95. The molecule has 20 heavy (non-hydrogen) atoms. The molecule has 0 radical (unpaired) electrons. The highest BCUT2D eigenvalue weighted by molar-refractivity contribution is 6.28.